The molecule has 0 saturated carbocycles. The van der Waals surface area contributed by atoms with Crippen LogP contribution >= 0.6 is 0 Å². The van der Waals surface area contributed by atoms with Crippen molar-refractivity contribution in [1.82, 2.24) is 9.47 Å². The van der Waals surface area contributed by atoms with Crippen molar-refractivity contribution in [3.63, 3.8) is 0 Å². The van der Waals surface area contributed by atoms with Crippen LogP contribution in [-0.2, 0) is 11.3 Å². The molecule has 6 nitrogen and oxygen atoms in total. The smallest absolute Gasteiger partial charge is 0.254 e. The first-order valence-corrected chi connectivity index (χ1v) is 8.55. The number of hydrogen-bond acceptors (Lipinski definition) is 4. The van der Waals surface area contributed by atoms with E-state index in [0.717, 1.165) is 23.9 Å². The van der Waals surface area contributed by atoms with Crippen molar-refractivity contribution in [3.05, 3.63) is 36.0 Å². The highest BCUT2D eigenvalue weighted by Crippen LogP contribution is 2.20. The number of carbonyl (C=O) groups is 1. The molecule has 4 N–H and O–H groups in total. The predicted octanol–water partition coefficient (Wildman–Crippen LogP) is 1.18. The van der Waals surface area contributed by atoms with Gasteiger partial charge in [-0.1, -0.05) is 0 Å². The summed E-state index contributed by atoms with van der Waals surface area (Å²) in [5.74, 6) is 0.0422. The molecule has 2 heterocycles. The van der Waals surface area contributed by atoms with E-state index in [1.807, 2.05) is 36.1 Å². The second-order valence-corrected chi connectivity index (χ2v) is 6.44. The van der Waals surface area contributed by atoms with Gasteiger partial charge in [-0.25, -0.2) is 0 Å². The standard InChI is InChI=1S/C18H26N4O2/c1-13(20)17-12-22(9-10-24-17)18(23)15-3-4-16-14(11-15)5-8-21(16)7-2-6-19/h3-5,8,11,13,17H,2,6-7,9-10,12,19-20H2,1H3. The lowest BCUT2D eigenvalue weighted by Crippen LogP contribution is -2.51. The number of fused-ring (bicyclic) bond motifs is 1. The van der Waals surface area contributed by atoms with Crippen molar-refractivity contribution < 1.29 is 9.53 Å². The maximum Gasteiger partial charge on any atom is 0.254 e. The number of rotatable bonds is 5. The molecule has 0 bridgehead atoms. The van der Waals surface area contributed by atoms with Gasteiger partial charge in [-0.05, 0) is 44.2 Å². The fourth-order valence-electron chi connectivity index (χ4n) is 3.15. The third-order valence-corrected chi connectivity index (χ3v) is 4.59. The van der Waals surface area contributed by atoms with Crippen molar-refractivity contribution in [2.45, 2.75) is 32.0 Å². The highest BCUT2D eigenvalue weighted by atomic mass is 16.5. The molecule has 1 saturated heterocycles. The second kappa shape index (κ2) is 7.34. The summed E-state index contributed by atoms with van der Waals surface area (Å²) in [7, 11) is 0. The van der Waals surface area contributed by atoms with Crippen LogP contribution in [0.5, 0.6) is 0 Å². The van der Waals surface area contributed by atoms with Crippen LogP contribution in [0.4, 0.5) is 0 Å². The zero-order valence-corrected chi connectivity index (χ0v) is 14.1. The zero-order valence-electron chi connectivity index (χ0n) is 14.1. The van der Waals surface area contributed by atoms with Gasteiger partial charge in [0.1, 0.15) is 0 Å². The quantitative estimate of drug-likeness (QED) is 0.862. The molecule has 1 fully saturated rings. The Morgan fingerprint density at radius 2 is 2.25 bits per heavy atom. The van der Waals surface area contributed by atoms with Crippen molar-refractivity contribution in [2.75, 3.05) is 26.2 Å². The summed E-state index contributed by atoms with van der Waals surface area (Å²) in [6, 6.07) is 7.85. The first-order valence-electron chi connectivity index (χ1n) is 8.55. The molecule has 1 aliphatic rings. The minimum atomic E-state index is -0.0937. The van der Waals surface area contributed by atoms with Gasteiger partial charge in [0.25, 0.3) is 5.91 Å². The lowest BCUT2D eigenvalue weighted by Gasteiger charge is -2.34. The third-order valence-electron chi connectivity index (χ3n) is 4.59. The monoisotopic (exact) mass is 330 g/mol. The second-order valence-electron chi connectivity index (χ2n) is 6.44. The van der Waals surface area contributed by atoms with Crippen LogP contribution in [0, 0.1) is 0 Å². The zero-order chi connectivity index (χ0) is 17.1. The van der Waals surface area contributed by atoms with E-state index in [-0.39, 0.29) is 18.1 Å². The number of nitrogens with zero attached hydrogens (tertiary/aromatic N) is 2. The number of amides is 1. The third kappa shape index (κ3) is 3.45. The van der Waals surface area contributed by atoms with Crippen LogP contribution in [0.3, 0.4) is 0 Å². The average molecular weight is 330 g/mol. The van der Waals surface area contributed by atoms with E-state index < -0.39 is 0 Å². The largest absolute Gasteiger partial charge is 0.373 e. The maximum absolute atomic E-state index is 12.8. The van der Waals surface area contributed by atoms with Crippen LogP contribution in [0.15, 0.2) is 30.5 Å². The van der Waals surface area contributed by atoms with E-state index in [1.54, 1.807) is 0 Å². The van der Waals surface area contributed by atoms with Crippen LogP contribution < -0.4 is 11.5 Å². The number of benzene rings is 1. The number of aryl methyl sites for hydroxylation is 1. The summed E-state index contributed by atoms with van der Waals surface area (Å²) in [4.78, 5) is 14.6. The van der Waals surface area contributed by atoms with Crippen molar-refractivity contribution in [2.24, 2.45) is 11.5 Å². The Kier molecular flexibility index (Phi) is 5.18. The van der Waals surface area contributed by atoms with E-state index in [2.05, 4.69) is 10.8 Å². The molecule has 2 unspecified atom stereocenters. The Bertz CT molecular complexity index is 710. The number of ether oxygens (including phenoxy) is 1. The summed E-state index contributed by atoms with van der Waals surface area (Å²) >= 11 is 0. The van der Waals surface area contributed by atoms with Gasteiger partial charge in [0.15, 0.2) is 0 Å². The first kappa shape index (κ1) is 17.0. The molecule has 24 heavy (non-hydrogen) atoms. The van der Waals surface area contributed by atoms with Gasteiger partial charge in [0, 0.05) is 48.3 Å². The molecule has 1 aromatic heterocycles. The topological polar surface area (TPSA) is 86.5 Å². The fourth-order valence-corrected chi connectivity index (χ4v) is 3.15. The minimum Gasteiger partial charge on any atom is -0.373 e. The van der Waals surface area contributed by atoms with Gasteiger partial charge in [0.05, 0.1) is 12.7 Å². The molecule has 0 spiro atoms. The lowest BCUT2D eigenvalue weighted by molar-refractivity contribution is -0.0300. The molecule has 0 radical (unpaired) electrons. The summed E-state index contributed by atoms with van der Waals surface area (Å²) in [6.45, 7) is 5.18. The molecule has 1 amide bonds. The number of morpholine rings is 1. The molecule has 6 heteroatoms. The predicted molar refractivity (Wildman–Crippen MR) is 94.9 cm³/mol. The molecule has 2 atom stereocenters. The van der Waals surface area contributed by atoms with E-state index in [0.29, 0.717) is 31.8 Å². The number of nitrogens with two attached hydrogens (primary N) is 2. The first-order chi connectivity index (χ1) is 11.6. The molecule has 130 valence electrons. The van der Waals surface area contributed by atoms with Gasteiger partial charge in [-0.3, -0.25) is 4.79 Å². The lowest BCUT2D eigenvalue weighted by atomic mass is 10.1. The number of carbonyl (C=O) groups excluding carboxylic acids is 1. The van der Waals surface area contributed by atoms with Crippen LogP contribution in [-0.4, -0.2) is 53.8 Å². The Morgan fingerprint density at radius 3 is 3.00 bits per heavy atom. The Balaban J connectivity index is 1.77. The Labute approximate surface area is 142 Å². The number of hydrogen-bond donors (Lipinski definition) is 2. The van der Waals surface area contributed by atoms with E-state index in [4.69, 9.17) is 16.2 Å². The summed E-state index contributed by atoms with van der Waals surface area (Å²) in [5, 5.41) is 1.08. The molecule has 3 rings (SSSR count). The molecule has 1 aliphatic heterocycles. The molecule has 0 aliphatic carbocycles. The van der Waals surface area contributed by atoms with Crippen molar-refractivity contribution in [3.8, 4) is 0 Å². The summed E-state index contributed by atoms with van der Waals surface area (Å²) in [6.07, 6.45) is 2.90. The van der Waals surface area contributed by atoms with E-state index in [9.17, 15) is 4.79 Å². The fraction of sp³-hybridized carbons (Fsp3) is 0.500. The van der Waals surface area contributed by atoms with Gasteiger partial charge in [-0.15, -0.1) is 0 Å². The highest BCUT2D eigenvalue weighted by Gasteiger charge is 2.27. The molecular formula is C18H26N4O2. The van der Waals surface area contributed by atoms with E-state index in [1.165, 1.54) is 0 Å². The van der Waals surface area contributed by atoms with Crippen LogP contribution in [0.1, 0.15) is 23.7 Å². The Hall–Kier alpha value is -1.89. The average Bonchev–Trinajstić information content (AvgIpc) is 3.01. The Morgan fingerprint density at radius 1 is 1.42 bits per heavy atom. The minimum absolute atomic E-state index is 0.0422. The normalized spacial score (nSPS) is 19.6. The highest BCUT2D eigenvalue weighted by molar-refractivity contribution is 5.98. The number of aromatic nitrogens is 1. The van der Waals surface area contributed by atoms with Crippen LogP contribution in [0.2, 0.25) is 0 Å². The van der Waals surface area contributed by atoms with Gasteiger partial charge in [0.2, 0.25) is 0 Å². The van der Waals surface area contributed by atoms with Gasteiger partial charge < -0.3 is 25.7 Å². The van der Waals surface area contributed by atoms with Gasteiger partial charge in [-0.2, -0.15) is 0 Å². The van der Waals surface area contributed by atoms with Crippen molar-refractivity contribution in [1.29, 1.82) is 0 Å². The summed E-state index contributed by atoms with van der Waals surface area (Å²) < 4.78 is 7.81. The SMILES string of the molecule is CC(N)C1CN(C(=O)c2ccc3c(ccn3CCCN)c2)CCO1. The van der Waals surface area contributed by atoms with E-state index >= 15 is 0 Å². The van der Waals surface area contributed by atoms with Crippen molar-refractivity contribution >= 4 is 16.8 Å². The maximum atomic E-state index is 12.8. The summed E-state index contributed by atoms with van der Waals surface area (Å²) in [5.41, 5.74) is 13.3. The van der Waals surface area contributed by atoms with Crippen LogP contribution in [0.25, 0.3) is 10.9 Å². The molecule has 1 aromatic carbocycles. The van der Waals surface area contributed by atoms with Gasteiger partial charge >= 0.3 is 0 Å². The molecule has 2 aromatic rings. The molecular weight excluding hydrogens is 304 g/mol.